The fraction of sp³-hybridized carbons (Fsp3) is 0.444. The number of carbonyl (C=O) groups excluding carboxylic acids is 1. The minimum absolute atomic E-state index is 0.0112. The summed E-state index contributed by atoms with van der Waals surface area (Å²) in [7, 11) is 0. The van der Waals surface area contributed by atoms with Crippen LogP contribution in [-0.4, -0.2) is 47.7 Å². The summed E-state index contributed by atoms with van der Waals surface area (Å²) in [6.45, 7) is 3.10. The maximum atomic E-state index is 13.0. The Morgan fingerprint density at radius 1 is 1.29 bits per heavy atom. The van der Waals surface area contributed by atoms with Crippen molar-refractivity contribution in [3.05, 3.63) is 41.7 Å². The summed E-state index contributed by atoms with van der Waals surface area (Å²) in [5.74, 6) is -1.48. The Balaban J connectivity index is 2.14. The Bertz CT molecular complexity index is 606. The molecule has 0 atom stereocenters. The maximum absolute atomic E-state index is 13.0. The standard InChI is InChI=1S/C18H22FNO4/c1-13(14-2-4-15(19)5-3-14)12-17(21)20(9-6-18(22)23)16-7-10-24-11-8-16/h2-5,12,16H,6-11H2,1H3,(H,22,23)/b13-12+. The molecule has 1 aromatic carbocycles. The SMILES string of the molecule is C/C(=C\C(=O)N(CCC(=O)O)C1CCOCC1)c1ccc(F)cc1. The highest BCUT2D eigenvalue weighted by molar-refractivity contribution is 5.95. The minimum atomic E-state index is -0.931. The van der Waals surface area contributed by atoms with E-state index in [1.54, 1.807) is 24.0 Å². The molecule has 1 amide bonds. The molecule has 0 aliphatic carbocycles. The van der Waals surface area contributed by atoms with Crippen molar-refractivity contribution in [3.63, 3.8) is 0 Å². The van der Waals surface area contributed by atoms with Crippen molar-refractivity contribution >= 4 is 17.4 Å². The number of amides is 1. The average molecular weight is 335 g/mol. The van der Waals surface area contributed by atoms with E-state index in [2.05, 4.69) is 0 Å². The molecule has 0 unspecified atom stereocenters. The fourth-order valence-corrected chi connectivity index (χ4v) is 2.75. The van der Waals surface area contributed by atoms with E-state index in [1.807, 2.05) is 0 Å². The summed E-state index contributed by atoms with van der Waals surface area (Å²) >= 11 is 0. The molecule has 0 aromatic heterocycles. The van der Waals surface area contributed by atoms with Crippen molar-refractivity contribution in [3.8, 4) is 0 Å². The summed E-state index contributed by atoms with van der Waals surface area (Å²) in [5.41, 5.74) is 1.47. The van der Waals surface area contributed by atoms with Crippen molar-refractivity contribution in [1.82, 2.24) is 4.90 Å². The van der Waals surface area contributed by atoms with Crippen molar-refractivity contribution < 1.29 is 23.8 Å². The monoisotopic (exact) mass is 335 g/mol. The van der Waals surface area contributed by atoms with Gasteiger partial charge in [-0.3, -0.25) is 9.59 Å². The molecule has 0 saturated carbocycles. The number of halogens is 1. The zero-order valence-electron chi connectivity index (χ0n) is 13.7. The van der Waals surface area contributed by atoms with E-state index in [9.17, 15) is 14.0 Å². The third kappa shape index (κ3) is 5.16. The number of ether oxygens (including phenoxy) is 1. The van der Waals surface area contributed by atoms with Crippen LogP contribution in [0.2, 0.25) is 0 Å². The van der Waals surface area contributed by atoms with Crippen LogP contribution in [0.3, 0.4) is 0 Å². The van der Waals surface area contributed by atoms with Crippen molar-refractivity contribution in [2.45, 2.75) is 32.2 Å². The average Bonchev–Trinajstić information content (AvgIpc) is 2.56. The molecule has 130 valence electrons. The van der Waals surface area contributed by atoms with Crippen LogP contribution in [0, 0.1) is 5.82 Å². The lowest BCUT2D eigenvalue weighted by molar-refractivity contribution is -0.138. The molecule has 6 heteroatoms. The van der Waals surface area contributed by atoms with Gasteiger partial charge in [-0.1, -0.05) is 12.1 Å². The van der Waals surface area contributed by atoms with Crippen LogP contribution in [0.5, 0.6) is 0 Å². The van der Waals surface area contributed by atoms with Gasteiger partial charge in [0.15, 0.2) is 0 Å². The predicted molar refractivity (Wildman–Crippen MR) is 87.9 cm³/mol. The van der Waals surface area contributed by atoms with Crippen LogP contribution in [0.4, 0.5) is 4.39 Å². The number of rotatable bonds is 6. The number of hydrogen-bond acceptors (Lipinski definition) is 3. The number of benzene rings is 1. The van der Waals surface area contributed by atoms with Crippen LogP contribution < -0.4 is 0 Å². The number of hydrogen-bond donors (Lipinski definition) is 1. The van der Waals surface area contributed by atoms with Crippen molar-refractivity contribution in [1.29, 1.82) is 0 Å². The number of carboxylic acids is 1. The van der Waals surface area contributed by atoms with Gasteiger partial charge >= 0.3 is 5.97 Å². The molecule has 1 saturated heterocycles. The number of aliphatic carboxylic acids is 1. The lowest BCUT2D eigenvalue weighted by Crippen LogP contribution is -2.43. The Hall–Kier alpha value is -2.21. The molecule has 1 heterocycles. The van der Waals surface area contributed by atoms with Gasteiger partial charge in [0, 0.05) is 31.9 Å². The molecule has 5 nitrogen and oxygen atoms in total. The van der Waals surface area contributed by atoms with Crippen LogP contribution in [0.25, 0.3) is 5.57 Å². The lowest BCUT2D eigenvalue weighted by atomic mass is 10.0. The van der Waals surface area contributed by atoms with Gasteiger partial charge in [0.1, 0.15) is 5.82 Å². The largest absolute Gasteiger partial charge is 0.481 e. The Kier molecular flexibility index (Phi) is 6.49. The van der Waals surface area contributed by atoms with Crippen LogP contribution >= 0.6 is 0 Å². The van der Waals surface area contributed by atoms with Crippen LogP contribution in [-0.2, 0) is 14.3 Å². The van der Waals surface area contributed by atoms with E-state index in [0.29, 0.717) is 31.6 Å². The first-order chi connectivity index (χ1) is 11.5. The van der Waals surface area contributed by atoms with Crippen molar-refractivity contribution in [2.24, 2.45) is 0 Å². The van der Waals surface area contributed by atoms with Crippen LogP contribution in [0.15, 0.2) is 30.3 Å². The molecule has 1 aliphatic rings. The van der Waals surface area contributed by atoms with Crippen molar-refractivity contribution in [2.75, 3.05) is 19.8 Å². The van der Waals surface area contributed by atoms with Gasteiger partial charge in [0.25, 0.3) is 0 Å². The minimum Gasteiger partial charge on any atom is -0.481 e. The highest BCUT2D eigenvalue weighted by atomic mass is 19.1. The molecule has 0 radical (unpaired) electrons. The molecular formula is C18H22FNO4. The zero-order valence-corrected chi connectivity index (χ0v) is 13.7. The summed E-state index contributed by atoms with van der Waals surface area (Å²) < 4.78 is 18.3. The summed E-state index contributed by atoms with van der Waals surface area (Å²) in [6.07, 6.45) is 2.81. The maximum Gasteiger partial charge on any atom is 0.305 e. The zero-order chi connectivity index (χ0) is 17.5. The first kappa shape index (κ1) is 18.1. The molecule has 1 fully saturated rings. The number of carbonyl (C=O) groups is 2. The van der Waals surface area contributed by atoms with E-state index in [1.165, 1.54) is 18.2 Å². The van der Waals surface area contributed by atoms with Gasteiger partial charge in [-0.25, -0.2) is 4.39 Å². The van der Waals surface area contributed by atoms with Gasteiger partial charge in [0.2, 0.25) is 5.91 Å². The normalized spacial score (nSPS) is 16.0. The Morgan fingerprint density at radius 3 is 2.50 bits per heavy atom. The third-order valence-electron chi connectivity index (χ3n) is 4.12. The number of allylic oxidation sites excluding steroid dienone is 1. The molecular weight excluding hydrogens is 313 g/mol. The predicted octanol–water partition coefficient (Wildman–Crippen LogP) is 2.71. The second kappa shape index (κ2) is 8.59. The Morgan fingerprint density at radius 2 is 1.92 bits per heavy atom. The summed E-state index contributed by atoms with van der Waals surface area (Å²) in [4.78, 5) is 25.1. The Labute approximate surface area is 140 Å². The second-order valence-corrected chi connectivity index (χ2v) is 5.85. The topological polar surface area (TPSA) is 66.8 Å². The molecule has 1 aromatic rings. The molecule has 2 rings (SSSR count). The lowest BCUT2D eigenvalue weighted by Gasteiger charge is -2.33. The number of nitrogens with zero attached hydrogens (tertiary/aromatic N) is 1. The molecule has 24 heavy (non-hydrogen) atoms. The first-order valence-corrected chi connectivity index (χ1v) is 8.01. The number of carboxylic acid groups (broad SMARTS) is 1. The molecule has 0 spiro atoms. The van der Waals surface area contributed by atoms with E-state index in [0.717, 1.165) is 5.56 Å². The van der Waals surface area contributed by atoms with E-state index >= 15 is 0 Å². The molecule has 1 N–H and O–H groups in total. The molecule has 0 bridgehead atoms. The second-order valence-electron chi connectivity index (χ2n) is 5.85. The smallest absolute Gasteiger partial charge is 0.305 e. The third-order valence-corrected chi connectivity index (χ3v) is 4.12. The van der Waals surface area contributed by atoms with E-state index < -0.39 is 5.97 Å². The summed E-state index contributed by atoms with van der Waals surface area (Å²) in [6, 6.07) is 5.91. The highest BCUT2D eigenvalue weighted by Gasteiger charge is 2.25. The van der Waals surface area contributed by atoms with Crippen LogP contribution in [0.1, 0.15) is 31.7 Å². The van der Waals surface area contributed by atoms with Gasteiger partial charge in [-0.05, 0) is 43.0 Å². The summed E-state index contributed by atoms with van der Waals surface area (Å²) in [5, 5.41) is 8.91. The van der Waals surface area contributed by atoms with Gasteiger partial charge in [-0.2, -0.15) is 0 Å². The van der Waals surface area contributed by atoms with E-state index in [-0.39, 0.29) is 30.7 Å². The van der Waals surface area contributed by atoms with Gasteiger partial charge in [-0.15, -0.1) is 0 Å². The fourth-order valence-electron chi connectivity index (χ4n) is 2.75. The first-order valence-electron chi connectivity index (χ1n) is 8.01. The quantitative estimate of drug-likeness (QED) is 0.812. The molecule has 1 aliphatic heterocycles. The van der Waals surface area contributed by atoms with E-state index in [4.69, 9.17) is 9.84 Å². The highest BCUT2D eigenvalue weighted by Crippen LogP contribution is 2.19. The van der Waals surface area contributed by atoms with Gasteiger partial charge < -0.3 is 14.7 Å². The van der Waals surface area contributed by atoms with Gasteiger partial charge in [0.05, 0.1) is 6.42 Å².